The number of aryl methyl sites for hydroxylation is 3. The minimum Gasteiger partial charge on any atom is -0.356 e. The van der Waals surface area contributed by atoms with Crippen LogP contribution in [0.3, 0.4) is 0 Å². The zero-order valence-corrected chi connectivity index (χ0v) is 17.2. The summed E-state index contributed by atoms with van der Waals surface area (Å²) in [6, 6.07) is 0. The van der Waals surface area contributed by atoms with E-state index in [9.17, 15) is 0 Å². The molecule has 0 aliphatic rings. The molecule has 0 unspecified atom stereocenters. The van der Waals surface area contributed by atoms with Crippen LogP contribution in [0.2, 0.25) is 0 Å². The molecule has 2 rings (SSSR count). The topological polar surface area (TPSA) is 62.2 Å². The highest BCUT2D eigenvalue weighted by molar-refractivity contribution is 14.0. The van der Waals surface area contributed by atoms with Gasteiger partial charge in [-0.15, -0.1) is 46.7 Å². The number of rotatable bonds is 5. The van der Waals surface area contributed by atoms with Gasteiger partial charge in [0.25, 0.3) is 0 Å². The van der Waals surface area contributed by atoms with Crippen LogP contribution in [0.5, 0.6) is 0 Å². The van der Waals surface area contributed by atoms with Crippen molar-refractivity contribution < 1.29 is 0 Å². The molecule has 0 aliphatic heterocycles. The van der Waals surface area contributed by atoms with Crippen molar-refractivity contribution in [2.24, 2.45) is 4.99 Å². The number of hydrogen-bond donors (Lipinski definition) is 2. The van der Waals surface area contributed by atoms with Crippen LogP contribution in [0, 0.1) is 20.8 Å². The zero-order chi connectivity index (χ0) is 15.2. The van der Waals surface area contributed by atoms with Gasteiger partial charge in [-0.05, 0) is 20.8 Å². The van der Waals surface area contributed by atoms with Gasteiger partial charge in [0.15, 0.2) is 5.96 Å². The van der Waals surface area contributed by atoms with E-state index in [0.717, 1.165) is 36.9 Å². The fourth-order valence-corrected chi connectivity index (χ4v) is 3.46. The fourth-order valence-electron chi connectivity index (χ4n) is 1.81. The van der Waals surface area contributed by atoms with Crippen LogP contribution in [0.4, 0.5) is 0 Å². The summed E-state index contributed by atoms with van der Waals surface area (Å²) in [5.74, 6) is 0.813. The Bertz CT molecular complexity index is 601. The first-order valence-electron chi connectivity index (χ1n) is 6.86. The summed E-state index contributed by atoms with van der Waals surface area (Å²) < 4.78 is 0. The van der Waals surface area contributed by atoms with Crippen molar-refractivity contribution in [3.63, 3.8) is 0 Å². The van der Waals surface area contributed by atoms with Crippen molar-refractivity contribution in [3.05, 3.63) is 31.7 Å². The van der Waals surface area contributed by atoms with E-state index in [1.807, 2.05) is 12.4 Å². The lowest BCUT2D eigenvalue weighted by atomic mass is 10.4. The van der Waals surface area contributed by atoms with E-state index < -0.39 is 0 Å². The van der Waals surface area contributed by atoms with Gasteiger partial charge < -0.3 is 10.6 Å². The third kappa shape index (κ3) is 5.47. The highest BCUT2D eigenvalue weighted by Crippen LogP contribution is 2.16. The van der Waals surface area contributed by atoms with Crippen molar-refractivity contribution in [1.29, 1.82) is 0 Å². The molecular weight excluding hydrogens is 429 g/mol. The average molecular weight is 451 g/mol. The molecule has 0 saturated heterocycles. The number of hydrogen-bond acceptors (Lipinski definition) is 5. The summed E-state index contributed by atoms with van der Waals surface area (Å²) in [4.78, 5) is 15.6. The fraction of sp³-hybridized carbons (Fsp3) is 0.500. The second-order valence-electron chi connectivity index (χ2n) is 4.71. The van der Waals surface area contributed by atoms with Gasteiger partial charge in [0.1, 0.15) is 0 Å². The monoisotopic (exact) mass is 451 g/mol. The Labute approximate surface area is 156 Å². The van der Waals surface area contributed by atoms with E-state index in [4.69, 9.17) is 0 Å². The predicted molar refractivity (Wildman–Crippen MR) is 106 cm³/mol. The number of nitrogens with zero attached hydrogens (tertiary/aromatic N) is 3. The van der Waals surface area contributed by atoms with Gasteiger partial charge in [0, 0.05) is 29.8 Å². The molecule has 2 aromatic rings. The molecule has 2 N–H and O–H groups in total. The smallest absolute Gasteiger partial charge is 0.191 e. The molecule has 0 aliphatic carbocycles. The van der Waals surface area contributed by atoms with Gasteiger partial charge in [-0.2, -0.15) is 0 Å². The maximum atomic E-state index is 4.54. The molecule has 0 bridgehead atoms. The summed E-state index contributed by atoms with van der Waals surface area (Å²) >= 11 is 3.43. The molecule has 0 saturated carbocycles. The number of aromatic nitrogens is 2. The van der Waals surface area contributed by atoms with Gasteiger partial charge in [-0.3, -0.25) is 4.99 Å². The third-order valence-electron chi connectivity index (χ3n) is 3.19. The first kappa shape index (κ1) is 19.3. The number of nitrogens with one attached hydrogen (secondary N) is 2. The molecule has 0 amide bonds. The molecule has 0 radical (unpaired) electrons. The van der Waals surface area contributed by atoms with E-state index in [0.29, 0.717) is 0 Å². The Balaban J connectivity index is 0.00000242. The summed E-state index contributed by atoms with van der Waals surface area (Å²) in [6.07, 6.45) is 0.916. The normalized spacial score (nSPS) is 11.2. The Morgan fingerprint density at radius 3 is 2.55 bits per heavy atom. The number of aliphatic imine (C=N–C) groups is 1. The Morgan fingerprint density at radius 2 is 2.00 bits per heavy atom. The number of thiazole rings is 2. The molecule has 0 atom stereocenters. The Hall–Kier alpha value is -0.740. The third-order valence-corrected chi connectivity index (χ3v) is 5.26. The quantitative estimate of drug-likeness (QED) is 0.417. The van der Waals surface area contributed by atoms with Crippen molar-refractivity contribution in [3.8, 4) is 0 Å². The standard InChI is InChI=1S/C14H21N5S2.HI/c1-9-11(3)21-13(19-9)5-6-16-14(15-4)17-7-12-10(2)18-8-20-12;/h8H,5-7H2,1-4H3,(H2,15,16,17);1H. The minimum atomic E-state index is 0. The largest absolute Gasteiger partial charge is 0.356 e. The predicted octanol–water partition coefficient (Wildman–Crippen LogP) is 3.05. The number of guanidine groups is 1. The van der Waals surface area contributed by atoms with Gasteiger partial charge in [-0.25, -0.2) is 9.97 Å². The van der Waals surface area contributed by atoms with E-state index in [1.165, 1.54) is 14.8 Å². The van der Waals surface area contributed by atoms with Crippen LogP contribution in [-0.2, 0) is 13.0 Å². The summed E-state index contributed by atoms with van der Waals surface area (Å²) in [5, 5.41) is 7.80. The lowest BCUT2D eigenvalue weighted by Gasteiger charge is -2.10. The molecular formula is C14H22IN5S2. The molecule has 2 heterocycles. The van der Waals surface area contributed by atoms with E-state index in [2.05, 4.69) is 39.4 Å². The van der Waals surface area contributed by atoms with Gasteiger partial charge in [0.05, 0.1) is 28.5 Å². The Morgan fingerprint density at radius 1 is 1.23 bits per heavy atom. The first-order valence-corrected chi connectivity index (χ1v) is 8.56. The molecule has 122 valence electrons. The van der Waals surface area contributed by atoms with Crippen LogP contribution in [0.25, 0.3) is 0 Å². The Kier molecular flexibility index (Phi) is 8.26. The average Bonchev–Trinajstić information content (AvgIpc) is 3.00. The summed E-state index contributed by atoms with van der Waals surface area (Å²) in [7, 11) is 1.78. The van der Waals surface area contributed by atoms with Crippen molar-refractivity contribution in [2.75, 3.05) is 13.6 Å². The van der Waals surface area contributed by atoms with Crippen LogP contribution in [-0.4, -0.2) is 29.5 Å². The first-order chi connectivity index (χ1) is 10.1. The van der Waals surface area contributed by atoms with Gasteiger partial charge in [-0.1, -0.05) is 0 Å². The lowest BCUT2D eigenvalue weighted by Crippen LogP contribution is -2.37. The van der Waals surface area contributed by atoms with E-state index >= 15 is 0 Å². The molecule has 0 spiro atoms. The molecule has 2 aromatic heterocycles. The van der Waals surface area contributed by atoms with Gasteiger partial charge >= 0.3 is 0 Å². The number of halogens is 1. The van der Waals surface area contributed by atoms with Crippen LogP contribution in [0.1, 0.15) is 26.1 Å². The highest BCUT2D eigenvalue weighted by atomic mass is 127. The summed E-state index contributed by atoms with van der Waals surface area (Å²) in [5.41, 5.74) is 4.09. The van der Waals surface area contributed by atoms with Crippen molar-refractivity contribution >= 4 is 52.6 Å². The van der Waals surface area contributed by atoms with E-state index in [1.54, 1.807) is 29.7 Å². The van der Waals surface area contributed by atoms with Crippen LogP contribution >= 0.6 is 46.7 Å². The zero-order valence-electron chi connectivity index (χ0n) is 13.3. The molecule has 22 heavy (non-hydrogen) atoms. The minimum absolute atomic E-state index is 0. The highest BCUT2D eigenvalue weighted by Gasteiger charge is 2.05. The molecule has 8 heteroatoms. The SMILES string of the molecule is CN=C(NCCc1nc(C)c(C)s1)NCc1scnc1C.I. The lowest BCUT2D eigenvalue weighted by molar-refractivity contribution is 0.792. The van der Waals surface area contributed by atoms with Crippen molar-refractivity contribution in [2.45, 2.75) is 33.7 Å². The van der Waals surface area contributed by atoms with E-state index in [-0.39, 0.29) is 24.0 Å². The van der Waals surface area contributed by atoms with Crippen molar-refractivity contribution in [1.82, 2.24) is 20.6 Å². The molecule has 0 aromatic carbocycles. The molecule has 0 fully saturated rings. The second-order valence-corrected chi connectivity index (χ2v) is 6.94. The summed E-state index contributed by atoms with van der Waals surface area (Å²) in [6.45, 7) is 7.78. The maximum absolute atomic E-state index is 4.54. The molecule has 5 nitrogen and oxygen atoms in total. The van der Waals surface area contributed by atoms with Crippen LogP contribution < -0.4 is 10.6 Å². The maximum Gasteiger partial charge on any atom is 0.191 e. The van der Waals surface area contributed by atoms with Gasteiger partial charge in [0.2, 0.25) is 0 Å². The van der Waals surface area contributed by atoms with Crippen LogP contribution in [0.15, 0.2) is 10.5 Å². The second kappa shape index (κ2) is 9.41.